The van der Waals surface area contributed by atoms with Gasteiger partial charge in [0.15, 0.2) is 0 Å². The number of carbonyl (C=O) groups is 2. The van der Waals surface area contributed by atoms with Crippen molar-refractivity contribution in [3.63, 3.8) is 0 Å². The Morgan fingerprint density at radius 1 is 0.889 bits per heavy atom. The van der Waals surface area contributed by atoms with E-state index in [0.29, 0.717) is 29.2 Å². The Kier molecular flexibility index (Phi) is 4.58. The number of hydrogen-bond acceptors (Lipinski definition) is 4. The molecule has 1 amide bonds. The number of benzene rings is 3. The van der Waals surface area contributed by atoms with Crippen LogP contribution in [0.15, 0.2) is 72.8 Å². The van der Waals surface area contributed by atoms with Gasteiger partial charge < -0.3 is 14.8 Å². The maximum absolute atomic E-state index is 12.3. The van der Waals surface area contributed by atoms with E-state index in [1.165, 1.54) is 0 Å². The smallest absolute Gasteiger partial charge is 0.343 e. The van der Waals surface area contributed by atoms with Gasteiger partial charge in [-0.25, -0.2) is 4.79 Å². The Labute approximate surface area is 156 Å². The van der Waals surface area contributed by atoms with Crippen molar-refractivity contribution >= 4 is 17.6 Å². The van der Waals surface area contributed by atoms with Crippen molar-refractivity contribution < 1.29 is 19.1 Å². The highest BCUT2D eigenvalue weighted by atomic mass is 16.5. The van der Waals surface area contributed by atoms with Gasteiger partial charge in [0.25, 0.3) is 5.91 Å². The van der Waals surface area contributed by atoms with E-state index in [2.05, 4.69) is 5.32 Å². The average Bonchev–Trinajstić information content (AvgIpc) is 3.18. The van der Waals surface area contributed by atoms with Crippen LogP contribution < -0.4 is 14.8 Å². The fraction of sp³-hybridized carbons (Fsp3) is 0.0909. The van der Waals surface area contributed by atoms with E-state index in [9.17, 15) is 9.59 Å². The van der Waals surface area contributed by atoms with Crippen LogP contribution in [-0.4, -0.2) is 18.5 Å². The monoisotopic (exact) mass is 359 g/mol. The Hall–Kier alpha value is -3.60. The molecular weight excluding hydrogens is 342 g/mol. The van der Waals surface area contributed by atoms with Crippen LogP contribution in [0.5, 0.6) is 11.5 Å². The average molecular weight is 359 g/mol. The second-order valence-corrected chi connectivity index (χ2v) is 6.16. The van der Waals surface area contributed by atoms with Gasteiger partial charge >= 0.3 is 5.97 Å². The lowest BCUT2D eigenvalue weighted by Crippen LogP contribution is -2.12. The summed E-state index contributed by atoms with van der Waals surface area (Å²) in [6.45, 7) is 0.643. The first-order chi connectivity index (χ1) is 13.2. The molecule has 3 aromatic carbocycles. The Morgan fingerprint density at radius 2 is 1.67 bits per heavy atom. The molecule has 0 saturated carbocycles. The molecule has 1 N–H and O–H groups in total. The molecule has 0 radical (unpaired) electrons. The second-order valence-electron chi connectivity index (χ2n) is 6.16. The molecule has 4 rings (SSSR count). The number of rotatable bonds is 4. The minimum atomic E-state index is -0.425. The van der Waals surface area contributed by atoms with Gasteiger partial charge in [0, 0.05) is 17.7 Å². The molecule has 0 aromatic heterocycles. The van der Waals surface area contributed by atoms with Gasteiger partial charge in [0.1, 0.15) is 11.5 Å². The zero-order valence-electron chi connectivity index (χ0n) is 14.5. The fourth-order valence-electron chi connectivity index (χ4n) is 2.88. The number of amides is 1. The van der Waals surface area contributed by atoms with Crippen LogP contribution in [0.1, 0.15) is 26.3 Å². The molecule has 0 spiro atoms. The van der Waals surface area contributed by atoms with Gasteiger partial charge in [0.05, 0.1) is 12.2 Å². The number of esters is 1. The molecule has 1 heterocycles. The molecule has 0 bridgehead atoms. The van der Waals surface area contributed by atoms with Crippen LogP contribution in [0, 0.1) is 0 Å². The topological polar surface area (TPSA) is 64.6 Å². The molecule has 1 aliphatic rings. The van der Waals surface area contributed by atoms with E-state index in [1.54, 1.807) is 54.6 Å². The third-order valence-corrected chi connectivity index (χ3v) is 4.28. The molecule has 0 unspecified atom stereocenters. The lowest BCUT2D eigenvalue weighted by atomic mass is 10.1. The molecule has 0 atom stereocenters. The molecular formula is C22H17NO4. The minimum absolute atomic E-state index is 0.194. The van der Waals surface area contributed by atoms with Crippen molar-refractivity contribution in [2.75, 3.05) is 11.9 Å². The van der Waals surface area contributed by atoms with Crippen molar-refractivity contribution in [1.82, 2.24) is 0 Å². The number of fused-ring (bicyclic) bond motifs is 1. The van der Waals surface area contributed by atoms with Gasteiger partial charge in [-0.05, 0) is 60.2 Å². The van der Waals surface area contributed by atoms with Crippen molar-refractivity contribution in [1.29, 1.82) is 0 Å². The van der Waals surface area contributed by atoms with Crippen LogP contribution in [0.25, 0.3) is 0 Å². The van der Waals surface area contributed by atoms with E-state index in [-0.39, 0.29) is 5.91 Å². The van der Waals surface area contributed by atoms with E-state index >= 15 is 0 Å². The zero-order chi connectivity index (χ0) is 18.6. The summed E-state index contributed by atoms with van der Waals surface area (Å²) in [4.78, 5) is 24.5. The number of hydrogen-bond donors (Lipinski definition) is 1. The molecule has 1 aliphatic heterocycles. The molecule has 5 heteroatoms. The fourth-order valence-corrected chi connectivity index (χ4v) is 2.88. The van der Waals surface area contributed by atoms with Gasteiger partial charge in [-0.3, -0.25) is 4.79 Å². The van der Waals surface area contributed by atoms with Gasteiger partial charge in [-0.15, -0.1) is 0 Å². The van der Waals surface area contributed by atoms with Crippen molar-refractivity contribution in [2.45, 2.75) is 6.42 Å². The lowest BCUT2D eigenvalue weighted by molar-refractivity contribution is 0.0734. The predicted molar refractivity (Wildman–Crippen MR) is 101 cm³/mol. The summed E-state index contributed by atoms with van der Waals surface area (Å²) in [6, 6.07) is 20.9. The summed E-state index contributed by atoms with van der Waals surface area (Å²) in [5, 5.41) is 2.81. The molecule has 0 aliphatic carbocycles. The molecule has 0 fully saturated rings. The highest BCUT2D eigenvalue weighted by molar-refractivity contribution is 6.04. The minimum Gasteiger partial charge on any atom is -0.493 e. The van der Waals surface area contributed by atoms with Crippen molar-refractivity contribution in [2.24, 2.45) is 0 Å². The van der Waals surface area contributed by atoms with Crippen LogP contribution in [0.4, 0.5) is 5.69 Å². The molecule has 0 saturated heterocycles. The molecule has 27 heavy (non-hydrogen) atoms. The van der Waals surface area contributed by atoms with E-state index in [4.69, 9.17) is 9.47 Å². The third-order valence-electron chi connectivity index (χ3n) is 4.28. The first-order valence-corrected chi connectivity index (χ1v) is 8.63. The SMILES string of the molecule is O=C(Nc1ccc(OC(=O)c2ccc3c(c2)CCO3)cc1)c1ccccc1. The summed E-state index contributed by atoms with van der Waals surface area (Å²) < 4.78 is 10.9. The lowest BCUT2D eigenvalue weighted by Gasteiger charge is -2.08. The van der Waals surface area contributed by atoms with Crippen LogP contribution in [0.3, 0.4) is 0 Å². The summed E-state index contributed by atoms with van der Waals surface area (Å²) >= 11 is 0. The zero-order valence-corrected chi connectivity index (χ0v) is 14.5. The first kappa shape index (κ1) is 16.8. The Balaban J connectivity index is 1.40. The number of anilines is 1. The van der Waals surface area contributed by atoms with E-state index in [0.717, 1.165) is 17.7 Å². The maximum Gasteiger partial charge on any atom is 0.343 e. The molecule has 134 valence electrons. The summed E-state index contributed by atoms with van der Waals surface area (Å²) in [5.74, 6) is 0.617. The highest BCUT2D eigenvalue weighted by Crippen LogP contribution is 2.26. The van der Waals surface area contributed by atoms with Crippen molar-refractivity contribution in [3.8, 4) is 11.5 Å². The van der Waals surface area contributed by atoms with E-state index < -0.39 is 5.97 Å². The second kappa shape index (κ2) is 7.33. The largest absolute Gasteiger partial charge is 0.493 e. The summed E-state index contributed by atoms with van der Waals surface area (Å²) in [5.41, 5.74) is 2.70. The molecule has 3 aromatic rings. The van der Waals surface area contributed by atoms with Crippen LogP contribution in [-0.2, 0) is 6.42 Å². The highest BCUT2D eigenvalue weighted by Gasteiger charge is 2.16. The van der Waals surface area contributed by atoms with Crippen LogP contribution >= 0.6 is 0 Å². The van der Waals surface area contributed by atoms with Gasteiger partial charge in [0.2, 0.25) is 0 Å². The Morgan fingerprint density at radius 3 is 2.44 bits per heavy atom. The number of carbonyl (C=O) groups excluding carboxylic acids is 2. The normalized spacial score (nSPS) is 12.0. The quantitative estimate of drug-likeness (QED) is 0.563. The number of nitrogens with one attached hydrogen (secondary N) is 1. The molecule has 5 nitrogen and oxygen atoms in total. The number of ether oxygens (including phenoxy) is 2. The third kappa shape index (κ3) is 3.82. The first-order valence-electron chi connectivity index (χ1n) is 8.63. The summed E-state index contributed by atoms with van der Waals surface area (Å²) in [7, 11) is 0. The Bertz CT molecular complexity index is 981. The standard InChI is InChI=1S/C22H17NO4/c24-21(15-4-2-1-3-5-15)23-18-7-9-19(10-8-18)27-22(25)17-6-11-20-16(14-17)12-13-26-20/h1-11,14H,12-13H2,(H,23,24). The van der Waals surface area contributed by atoms with Gasteiger partial charge in [-0.1, -0.05) is 18.2 Å². The predicted octanol–water partition coefficient (Wildman–Crippen LogP) is 4.09. The van der Waals surface area contributed by atoms with E-state index in [1.807, 2.05) is 18.2 Å². The summed E-state index contributed by atoms with van der Waals surface area (Å²) in [6.07, 6.45) is 0.798. The van der Waals surface area contributed by atoms with Gasteiger partial charge in [-0.2, -0.15) is 0 Å². The maximum atomic E-state index is 12.3. The van der Waals surface area contributed by atoms with Crippen LogP contribution in [0.2, 0.25) is 0 Å². The van der Waals surface area contributed by atoms with Crippen molar-refractivity contribution in [3.05, 3.63) is 89.5 Å².